The van der Waals surface area contributed by atoms with Gasteiger partial charge < -0.3 is 9.47 Å². The van der Waals surface area contributed by atoms with Crippen LogP contribution in [-0.2, 0) is 9.47 Å². The van der Waals surface area contributed by atoms with Crippen molar-refractivity contribution in [2.24, 2.45) is 5.41 Å². The Hall–Kier alpha value is -0.0800. The van der Waals surface area contributed by atoms with Crippen molar-refractivity contribution in [2.75, 3.05) is 0 Å². The van der Waals surface area contributed by atoms with Crippen molar-refractivity contribution in [2.45, 2.75) is 125 Å². The SMILES string of the molecule is CCCCCCCCCC(OC(C)C)(OC(C)C)C(C)(C)C. The fourth-order valence-corrected chi connectivity index (χ4v) is 2.95. The van der Waals surface area contributed by atoms with Crippen molar-refractivity contribution in [1.29, 1.82) is 0 Å². The van der Waals surface area contributed by atoms with E-state index in [4.69, 9.17) is 9.47 Å². The van der Waals surface area contributed by atoms with Crippen molar-refractivity contribution < 1.29 is 9.47 Å². The zero-order valence-corrected chi connectivity index (χ0v) is 16.6. The first-order valence-corrected chi connectivity index (χ1v) is 9.50. The number of hydrogen-bond acceptors (Lipinski definition) is 2. The normalized spacial score (nSPS) is 13.4. The number of hydrogen-bond donors (Lipinski definition) is 0. The third kappa shape index (κ3) is 8.53. The minimum atomic E-state index is -0.473. The number of ether oxygens (including phenoxy) is 2. The highest BCUT2D eigenvalue weighted by atomic mass is 16.7. The smallest absolute Gasteiger partial charge is 0.173 e. The van der Waals surface area contributed by atoms with Crippen LogP contribution in [0.1, 0.15) is 107 Å². The molecule has 0 aromatic heterocycles. The Kier molecular flexibility index (Phi) is 10.6. The van der Waals surface area contributed by atoms with Crippen LogP contribution in [0.2, 0.25) is 0 Å². The molecule has 2 heteroatoms. The molecular formula is C20H42O2. The fraction of sp³-hybridized carbons (Fsp3) is 1.00. The second kappa shape index (κ2) is 10.6. The van der Waals surface area contributed by atoms with E-state index in [9.17, 15) is 0 Å². The molecule has 0 atom stereocenters. The van der Waals surface area contributed by atoms with Gasteiger partial charge in [0.25, 0.3) is 0 Å². The van der Waals surface area contributed by atoms with Crippen LogP contribution in [0, 0.1) is 5.41 Å². The maximum Gasteiger partial charge on any atom is 0.173 e. The molecule has 134 valence electrons. The van der Waals surface area contributed by atoms with Gasteiger partial charge in [0, 0.05) is 11.8 Å². The highest BCUT2D eigenvalue weighted by Gasteiger charge is 2.45. The Morgan fingerprint density at radius 2 is 1.09 bits per heavy atom. The van der Waals surface area contributed by atoms with Crippen LogP contribution in [0.15, 0.2) is 0 Å². The van der Waals surface area contributed by atoms with Crippen LogP contribution in [-0.4, -0.2) is 18.0 Å². The fourth-order valence-electron chi connectivity index (χ4n) is 2.95. The summed E-state index contributed by atoms with van der Waals surface area (Å²) in [7, 11) is 0. The first-order chi connectivity index (χ1) is 10.1. The molecule has 2 nitrogen and oxygen atoms in total. The molecule has 0 saturated carbocycles. The van der Waals surface area contributed by atoms with Crippen molar-refractivity contribution in [3.8, 4) is 0 Å². The molecule has 0 bridgehead atoms. The predicted octanol–water partition coefficient (Wildman–Crippen LogP) is 6.72. The molecule has 0 aliphatic heterocycles. The molecule has 0 unspecified atom stereocenters. The lowest BCUT2D eigenvalue weighted by Gasteiger charge is -2.46. The zero-order valence-electron chi connectivity index (χ0n) is 16.6. The summed E-state index contributed by atoms with van der Waals surface area (Å²) in [6.45, 7) is 17.4. The standard InChI is InChI=1S/C20H42O2/c1-9-10-11-12-13-14-15-16-20(19(6,7)8,21-17(2)3)22-18(4)5/h17-18H,9-16H2,1-8H3. The highest BCUT2D eigenvalue weighted by Crippen LogP contribution is 2.41. The first kappa shape index (κ1) is 21.9. The average molecular weight is 315 g/mol. The van der Waals surface area contributed by atoms with Crippen LogP contribution < -0.4 is 0 Å². The Balaban J connectivity index is 4.57. The highest BCUT2D eigenvalue weighted by molar-refractivity contribution is 4.86. The Morgan fingerprint density at radius 1 is 0.682 bits per heavy atom. The topological polar surface area (TPSA) is 18.5 Å². The molecule has 0 radical (unpaired) electrons. The molecule has 0 aromatic rings. The third-order valence-corrected chi connectivity index (χ3v) is 4.10. The second-order valence-corrected chi connectivity index (χ2v) is 8.21. The van der Waals surface area contributed by atoms with E-state index >= 15 is 0 Å². The molecule has 0 aromatic carbocycles. The molecule has 0 spiro atoms. The molecule has 0 rings (SSSR count). The van der Waals surface area contributed by atoms with Crippen LogP contribution in [0.25, 0.3) is 0 Å². The summed E-state index contributed by atoms with van der Waals surface area (Å²) in [6.07, 6.45) is 10.6. The van der Waals surface area contributed by atoms with Crippen LogP contribution >= 0.6 is 0 Å². The Bertz CT molecular complexity index is 253. The van der Waals surface area contributed by atoms with Crippen LogP contribution in [0.4, 0.5) is 0 Å². The van der Waals surface area contributed by atoms with Gasteiger partial charge in [-0.2, -0.15) is 0 Å². The third-order valence-electron chi connectivity index (χ3n) is 4.10. The van der Waals surface area contributed by atoms with E-state index in [-0.39, 0.29) is 17.6 Å². The predicted molar refractivity (Wildman–Crippen MR) is 97.2 cm³/mol. The molecule has 22 heavy (non-hydrogen) atoms. The molecule has 0 saturated heterocycles. The minimum absolute atomic E-state index is 0.0241. The molecule has 0 fully saturated rings. The van der Waals surface area contributed by atoms with Gasteiger partial charge in [-0.1, -0.05) is 66.2 Å². The number of unbranched alkanes of at least 4 members (excludes halogenated alkanes) is 6. The second-order valence-electron chi connectivity index (χ2n) is 8.21. The van der Waals surface area contributed by atoms with Gasteiger partial charge in [0.05, 0.1) is 12.2 Å². The summed E-state index contributed by atoms with van der Waals surface area (Å²) in [6, 6.07) is 0. The van der Waals surface area contributed by atoms with Gasteiger partial charge >= 0.3 is 0 Å². The monoisotopic (exact) mass is 314 g/mol. The van der Waals surface area contributed by atoms with E-state index < -0.39 is 5.79 Å². The lowest BCUT2D eigenvalue weighted by molar-refractivity contribution is -0.319. The summed E-state index contributed by atoms with van der Waals surface area (Å²) in [5.41, 5.74) is -0.0241. The molecule has 0 N–H and O–H groups in total. The summed E-state index contributed by atoms with van der Waals surface area (Å²) in [5.74, 6) is -0.473. The maximum absolute atomic E-state index is 6.34. The Labute approximate surface area is 140 Å². The largest absolute Gasteiger partial charge is 0.347 e. The molecule has 0 aliphatic carbocycles. The summed E-state index contributed by atoms with van der Waals surface area (Å²) in [5, 5.41) is 0. The molecule has 0 amide bonds. The van der Waals surface area contributed by atoms with Crippen molar-refractivity contribution in [1.82, 2.24) is 0 Å². The maximum atomic E-state index is 6.34. The van der Waals surface area contributed by atoms with E-state index in [2.05, 4.69) is 55.4 Å². The van der Waals surface area contributed by atoms with E-state index in [0.29, 0.717) is 0 Å². The molecule has 0 heterocycles. The molecule has 0 aliphatic rings. The quantitative estimate of drug-likeness (QED) is 0.294. The van der Waals surface area contributed by atoms with Gasteiger partial charge in [-0.05, 0) is 34.1 Å². The summed E-state index contributed by atoms with van der Waals surface area (Å²) >= 11 is 0. The van der Waals surface area contributed by atoms with Crippen molar-refractivity contribution in [3.05, 3.63) is 0 Å². The van der Waals surface area contributed by atoms with Gasteiger partial charge in [-0.3, -0.25) is 0 Å². The first-order valence-electron chi connectivity index (χ1n) is 9.50. The minimum Gasteiger partial charge on any atom is -0.347 e. The van der Waals surface area contributed by atoms with E-state index in [1.165, 1.54) is 44.9 Å². The lowest BCUT2D eigenvalue weighted by atomic mass is 9.81. The average Bonchev–Trinajstić information content (AvgIpc) is 2.34. The van der Waals surface area contributed by atoms with E-state index in [1.54, 1.807) is 0 Å². The van der Waals surface area contributed by atoms with Gasteiger partial charge in [0.15, 0.2) is 5.79 Å². The van der Waals surface area contributed by atoms with Gasteiger partial charge in [-0.25, -0.2) is 0 Å². The van der Waals surface area contributed by atoms with Crippen LogP contribution in [0.5, 0.6) is 0 Å². The van der Waals surface area contributed by atoms with Gasteiger partial charge in [-0.15, -0.1) is 0 Å². The zero-order chi connectivity index (χ0) is 17.2. The van der Waals surface area contributed by atoms with Crippen LogP contribution in [0.3, 0.4) is 0 Å². The van der Waals surface area contributed by atoms with E-state index in [1.807, 2.05) is 0 Å². The summed E-state index contributed by atoms with van der Waals surface area (Å²) < 4.78 is 12.7. The van der Waals surface area contributed by atoms with Gasteiger partial charge in [0.1, 0.15) is 0 Å². The van der Waals surface area contributed by atoms with E-state index in [0.717, 1.165) is 6.42 Å². The lowest BCUT2D eigenvalue weighted by Crippen LogP contribution is -2.50. The van der Waals surface area contributed by atoms with Crippen molar-refractivity contribution in [3.63, 3.8) is 0 Å². The van der Waals surface area contributed by atoms with Crippen molar-refractivity contribution >= 4 is 0 Å². The number of rotatable bonds is 12. The Morgan fingerprint density at radius 3 is 1.45 bits per heavy atom. The summed E-state index contributed by atoms with van der Waals surface area (Å²) in [4.78, 5) is 0. The molecular weight excluding hydrogens is 272 g/mol. The van der Waals surface area contributed by atoms with Gasteiger partial charge in [0.2, 0.25) is 0 Å².